The first-order chi connectivity index (χ1) is 8.60. The van der Waals surface area contributed by atoms with Crippen LogP contribution in [0.5, 0.6) is 0 Å². The second-order valence-corrected chi connectivity index (χ2v) is 6.39. The van der Waals surface area contributed by atoms with Gasteiger partial charge in [0.1, 0.15) is 0 Å². The number of aromatic amines is 1. The van der Waals surface area contributed by atoms with Crippen LogP contribution in [0.3, 0.4) is 0 Å². The maximum absolute atomic E-state index is 10.9. The molecule has 4 rings (SSSR count). The lowest BCUT2D eigenvalue weighted by molar-refractivity contribution is -0.168. The van der Waals surface area contributed by atoms with E-state index in [0.29, 0.717) is 5.41 Å². The van der Waals surface area contributed by atoms with E-state index in [-0.39, 0.29) is 0 Å². The summed E-state index contributed by atoms with van der Waals surface area (Å²) in [5, 5.41) is 19.1. The molecule has 1 spiro atoms. The zero-order valence-corrected chi connectivity index (χ0v) is 10.7. The second-order valence-electron chi connectivity index (χ2n) is 6.39. The van der Waals surface area contributed by atoms with Gasteiger partial charge in [0.05, 0.1) is 17.3 Å². The fraction of sp³-hybridized carbons (Fsp3) is 0.533. The first kappa shape index (κ1) is 10.6. The van der Waals surface area contributed by atoms with Gasteiger partial charge >= 0.3 is 0 Å². The summed E-state index contributed by atoms with van der Waals surface area (Å²) in [6.07, 6.45) is 7.63. The molecule has 2 aromatic rings. The summed E-state index contributed by atoms with van der Waals surface area (Å²) in [5.41, 5.74) is 3.09. The highest BCUT2D eigenvalue weighted by molar-refractivity contribution is 5.83. The van der Waals surface area contributed by atoms with Gasteiger partial charge < -0.3 is 5.11 Å². The van der Waals surface area contributed by atoms with E-state index in [1.807, 2.05) is 6.20 Å². The summed E-state index contributed by atoms with van der Waals surface area (Å²) in [6, 6.07) is 4.23. The first-order valence-electron chi connectivity index (χ1n) is 6.77. The van der Waals surface area contributed by atoms with E-state index in [2.05, 4.69) is 29.3 Å². The topological polar surface area (TPSA) is 48.9 Å². The number of aryl methyl sites for hydroxylation is 1. The quantitative estimate of drug-likeness (QED) is 0.807. The molecule has 94 valence electrons. The van der Waals surface area contributed by atoms with E-state index in [1.165, 1.54) is 24.8 Å². The van der Waals surface area contributed by atoms with Crippen molar-refractivity contribution in [3.05, 3.63) is 29.5 Å². The van der Waals surface area contributed by atoms with Gasteiger partial charge in [-0.05, 0) is 49.7 Å². The Labute approximate surface area is 106 Å². The molecular formula is C15H18N2O. The van der Waals surface area contributed by atoms with E-state index >= 15 is 0 Å². The molecule has 0 atom stereocenters. The smallest absolute Gasteiger partial charge is 0.0928 e. The molecule has 0 saturated heterocycles. The lowest BCUT2D eigenvalue weighted by Crippen LogP contribution is -2.53. The molecule has 2 saturated carbocycles. The number of benzene rings is 1. The summed E-state index contributed by atoms with van der Waals surface area (Å²) < 4.78 is 0. The first-order valence-corrected chi connectivity index (χ1v) is 6.77. The third kappa shape index (κ3) is 1.25. The van der Waals surface area contributed by atoms with Crippen molar-refractivity contribution in [3.63, 3.8) is 0 Å². The van der Waals surface area contributed by atoms with Crippen molar-refractivity contribution in [2.75, 3.05) is 0 Å². The Kier molecular flexibility index (Phi) is 1.85. The molecule has 1 aromatic heterocycles. The Hall–Kier alpha value is -1.35. The Bertz CT molecular complexity index is 616. The van der Waals surface area contributed by atoms with Crippen molar-refractivity contribution in [3.8, 4) is 0 Å². The minimum atomic E-state index is -0.628. The average Bonchev–Trinajstić information content (AvgIpc) is 2.68. The van der Waals surface area contributed by atoms with Crippen molar-refractivity contribution in [2.45, 2.75) is 44.6 Å². The Balaban J connectivity index is 1.80. The van der Waals surface area contributed by atoms with E-state index < -0.39 is 5.60 Å². The number of rotatable bonds is 1. The molecule has 2 aliphatic rings. The van der Waals surface area contributed by atoms with Crippen LogP contribution in [-0.2, 0) is 5.60 Å². The summed E-state index contributed by atoms with van der Waals surface area (Å²) in [5.74, 6) is 0. The van der Waals surface area contributed by atoms with Gasteiger partial charge in [-0.15, -0.1) is 0 Å². The van der Waals surface area contributed by atoms with Crippen molar-refractivity contribution in [1.29, 1.82) is 0 Å². The number of hydrogen-bond donors (Lipinski definition) is 2. The van der Waals surface area contributed by atoms with Crippen molar-refractivity contribution < 1.29 is 5.11 Å². The highest BCUT2D eigenvalue weighted by Crippen LogP contribution is 2.64. The summed E-state index contributed by atoms with van der Waals surface area (Å²) >= 11 is 0. The number of aliphatic hydroxyl groups is 1. The van der Waals surface area contributed by atoms with Crippen molar-refractivity contribution in [2.24, 2.45) is 5.41 Å². The fourth-order valence-corrected chi connectivity index (χ4v) is 3.98. The van der Waals surface area contributed by atoms with Crippen LogP contribution in [-0.4, -0.2) is 15.3 Å². The number of hydrogen-bond acceptors (Lipinski definition) is 2. The zero-order chi connectivity index (χ0) is 12.4. The number of aromatic nitrogens is 2. The Morgan fingerprint density at radius 1 is 1.28 bits per heavy atom. The summed E-state index contributed by atoms with van der Waals surface area (Å²) in [7, 11) is 0. The van der Waals surface area contributed by atoms with E-state index in [4.69, 9.17) is 0 Å². The number of nitrogens with one attached hydrogen (secondary N) is 1. The normalized spacial score (nSPS) is 23.9. The van der Waals surface area contributed by atoms with E-state index in [1.54, 1.807) is 0 Å². The van der Waals surface area contributed by atoms with Crippen LogP contribution in [0.4, 0.5) is 0 Å². The van der Waals surface area contributed by atoms with Gasteiger partial charge in [0.15, 0.2) is 0 Å². The van der Waals surface area contributed by atoms with Crippen LogP contribution in [0.2, 0.25) is 0 Å². The molecule has 1 heterocycles. The van der Waals surface area contributed by atoms with Crippen LogP contribution in [0.25, 0.3) is 10.9 Å². The number of H-pyrrole nitrogens is 1. The minimum Gasteiger partial charge on any atom is -0.385 e. The molecule has 1 aromatic carbocycles. The van der Waals surface area contributed by atoms with Crippen molar-refractivity contribution in [1.82, 2.24) is 10.2 Å². The molecule has 3 heteroatoms. The van der Waals surface area contributed by atoms with Crippen LogP contribution in [0, 0.1) is 12.3 Å². The second kappa shape index (κ2) is 3.15. The molecule has 0 aliphatic heterocycles. The third-order valence-electron chi connectivity index (χ3n) is 4.94. The predicted octanol–water partition coefficient (Wildman–Crippen LogP) is 3.02. The Morgan fingerprint density at radius 3 is 2.72 bits per heavy atom. The standard InChI is InChI=1S/C15H18N2O/c1-10-5-11-7-16-17-13(11)12(6-10)15(18)8-14(9-15)3-2-4-14/h5-7,18H,2-4,8-9H2,1H3,(H,16,17). The van der Waals surface area contributed by atoms with Crippen molar-refractivity contribution >= 4 is 10.9 Å². The molecule has 18 heavy (non-hydrogen) atoms. The lowest BCUT2D eigenvalue weighted by Gasteiger charge is -2.59. The third-order valence-corrected chi connectivity index (χ3v) is 4.94. The van der Waals surface area contributed by atoms with Gasteiger partial charge in [-0.3, -0.25) is 5.10 Å². The molecule has 3 nitrogen and oxygen atoms in total. The number of nitrogens with zero attached hydrogens (tertiary/aromatic N) is 1. The Morgan fingerprint density at radius 2 is 2.06 bits per heavy atom. The maximum Gasteiger partial charge on any atom is 0.0928 e. The molecule has 2 fully saturated rings. The van der Waals surface area contributed by atoms with Crippen LogP contribution >= 0.6 is 0 Å². The molecule has 2 N–H and O–H groups in total. The van der Waals surface area contributed by atoms with Gasteiger partial charge in [-0.1, -0.05) is 12.5 Å². The average molecular weight is 242 g/mol. The van der Waals surface area contributed by atoms with Crippen LogP contribution < -0.4 is 0 Å². The predicted molar refractivity (Wildman–Crippen MR) is 70.2 cm³/mol. The molecule has 0 unspecified atom stereocenters. The maximum atomic E-state index is 10.9. The van der Waals surface area contributed by atoms with Crippen LogP contribution in [0.1, 0.15) is 43.2 Å². The molecule has 0 bridgehead atoms. The largest absolute Gasteiger partial charge is 0.385 e. The van der Waals surface area contributed by atoms with Gasteiger partial charge in [0, 0.05) is 10.9 Å². The highest BCUT2D eigenvalue weighted by atomic mass is 16.3. The van der Waals surface area contributed by atoms with Crippen LogP contribution in [0.15, 0.2) is 18.3 Å². The highest BCUT2D eigenvalue weighted by Gasteiger charge is 2.57. The minimum absolute atomic E-state index is 0.463. The van der Waals surface area contributed by atoms with Gasteiger partial charge in [0.2, 0.25) is 0 Å². The van der Waals surface area contributed by atoms with Gasteiger partial charge in [0.25, 0.3) is 0 Å². The lowest BCUT2D eigenvalue weighted by atomic mass is 9.48. The fourth-order valence-electron chi connectivity index (χ4n) is 3.98. The molecular weight excluding hydrogens is 224 g/mol. The monoisotopic (exact) mass is 242 g/mol. The number of fused-ring (bicyclic) bond motifs is 1. The van der Waals surface area contributed by atoms with E-state index in [9.17, 15) is 5.11 Å². The zero-order valence-electron chi connectivity index (χ0n) is 10.7. The van der Waals surface area contributed by atoms with E-state index in [0.717, 1.165) is 29.3 Å². The summed E-state index contributed by atoms with van der Waals surface area (Å²) in [4.78, 5) is 0. The SMILES string of the molecule is Cc1cc(C2(O)CC3(CCC3)C2)c2[nH]ncc2c1. The molecule has 0 amide bonds. The van der Waals surface area contributed by atoms with Gasteiger partial charge in [-0.2, -0.15) is 5.10 Å². The molecule has 2 aliphatic carbocycles. The summed E-state index contributed by atoms with van der Waals surface area (Å²) in [6.45, 7) is 2.08. The molecule has 0 radical (unpaired) electrons. The van der Waals surface area contributed by atoms with Gasteiger partial charge in [-0.25, -0.2) is 0 Å².